The highest BCUT2D eigenvalue weighted by atomic mass is 35.5. The SMILES string of the molecule is CSCCCCCCCCCCC(=NCCONC=O)c1ccc(Cl)cc1. The van der Waals surface area contributed by atoms with Crippen LogP contribution in [-0.4, -0.2) is 37.3 Å². The van der Waals surface area contributed by atoms with E-state index in [4.69, 9.17) is 16.4 Å². The van der Waals surface area contributed by atoms with Gasteiger partial charge >= 0.3 is 0 Å². The van der Waals surface area contributed by atoms with Crippen LogP contribution in [0.1, 0.15) is 63.4 Å². The summed E-state index contributed by atoms with van der Waals surface area (Å²) in [7, 11) is 0. The summed E-state index contributed by atoms with van der Waals surface area (Å²) in [5.74, 6) is 1.29. The second kappa shape index (κ2) is 17.1. The van der Waals surface area contributed by atoms with E-state index in [2.05, 4.69) is 16.7 Å². The van der Waals surface area contributed by atoms with E-state index in [1.165, 1.54) is 50.7 Å². The van der Waals surface area contributed by atoms with Gasteiger partial charge in [0.25, 0.3) is 0 Å². The number of benzene rings is 1. The third-order valence-electron chi connectivity index (χ3n) is 4.32. The molecule has 0 aliphatic carbocycles. The second-order valence-corrected chi connectivity index (χ2v) is 7.91. The molecule has 0 saturated heterocycles. The molecule has 0 saturated carbocycles. The molecular formula is C21H33ClN2O2S. The van der Waals surface area contributed by atoms with Crippen LogP contribution in [0.4, 0.5) is 0 Å². The zero-order valence-corrected chi connectivity index (χ0v) is 18.0. The number of rotatable bonds is 17. The minimum Gasteiger partial charge on any atom is -0.287 e. The molecule has 0 aromatic heterocycles. The van der Waals surface area contributed by atoms with Crippen molar-refractivity contribution in [3.63, 3.8) is 0 Å². The van der Waals surface area contributed by atoms with Crippen LogP contribution in [0.5, 0.6) is 0 Å². The largest absolute Gasteiger partial charge is 0.287 e. The summed E-state index contributed by atoms with van der Waals surface area (Å²) >= 11 is 7.93. The van der Waals surface area contributed by atoms with Gasteiger partial charge in [-0.3, -0.25) is 14.6 Å². The number of nitrogens with one attached hydrogen (secondary N) is 1. The van der Waals surface area contributed by atoms with Crippen molar-refractivity contribution in [1.29, 1.82) is 0 Å². The van der Waals surface area contributed by atoms with E-state index >= 15 is 0 Å². The van der Waals surface area contributed by atoms with Crippen molar-refractivity contribution in [2.24, 2.45) is 4.99 Å². The summed E-state index contributed by atoms with van der Waals surface area (Å²) in [5.41, 5.74) is 4.38. The second-order valence-electron chi connectivity index (χ2n) is 6.49. The van der Waals surface area contributed by atoms with Crippen LogP contribution in [0.25, 0.3) is 0 Å². The molecule has 0 bridgehead atoms. The number of hydrogen-bond acceptors (Lipinski definition) is 4. The minimum absolute atomic E-state index is 0.367. The van der Waals surface area contributed by atoms with Gasteiger partial charge in [0, 0.05) is 10.7 Å². The van der Waals surface area contributed by atoms with Crippen molar-refractivity contribution in [2.45, 2.75) is 57.8 Å². The smallest absolute Gasteiger partial charge is 0.230 e. The van der Waals surface area contributed by atoms with E-state index in [9.17, 15) is 4.79 Å². The third kappa shape index (κ3) is 12.9. The molecule has 1 aromatic carbocycles. The molecule has 1 rings (SSSR count). The number of thioether (sulfide) groups is 1. The quantitative estimate of drug-likeness (QED) is 0.155. The van der Waals surface area contributed by atoms with Crippen LogP contribution in [0.15, 0.2) is 29.3 Å². The highest BCUT2D eigenvalue weighted by Gasteiger charge is 2.04. The fourth-order valence-electron chi connectivity index (χ4n) is 2.88. The lowest BCUT2D eigenvalue weighted by molar-refractivity contribution is -0.120. The van der Waals surface area contributed by atoms with Crippen molar-refractivity contribution >= 4 is 35.5 Å². The zero-order valence-electron chi connectivity index (χ0n) is 16.4. The van der Waals surface area contributed by atoms with Crippen LogP contribution < -0.4 is 5.48 Å². The van der Waals surface area contributed by atoms with E-state index in [0.717, 1.165) is 29.1 Å². The van der Waals surface area contributed by atoms with E-state index in [1.807, 2.05) is 36.0 Å². The number of amides is 1. The fourth-order valence-corrected chi connectivity index (χ4v) is 3.49. The summed E-state index contributed by atoms with van der Waals surface area (Å²) in [6.07, 6.45) is 14.1. The Hall–Kier alpha value is -1.04. The zero-order chi connectivity index (χ0) is 19.6. The number of carbonyl (C=O) groups is 1. The average Bonchev–Trinajstić information content (AvgIpc) is 2.68. The summed E-state index contributed by atoms with van der Waals surface area (Å²) in [6, 6.07) is 7.82. The topological polar surface area (TPSA) is 50.7 Å². The Kier molecular flexibility index (Phi) is 15.2. The highest BCUT2D eigenvalue weighted by Crippen LogP contribution is 2.15. The van der Waals surface area contributed by atoms with Gasteiger partial charge in [0.2, 0.25) is 6.41 Å². The van der Waals surface area contributed by atoms with E-state index < -0.39 is 0 Å². The molecule has 0 spiro atoms. The predicted molar refractivity (Wildman–Crippen MR) is 118 cm³/mol. The van der Waals surface area contributed by atoms with E-state index in [-0.39, 0.29) is 0 Å². The molecule has 0 fully saturated rings. The number of carbonyl (C=O) groups excluding carboxylic acids is 1. The summed E-state index contributed by atoms with van der Waals surface area (Å²) < 4.78 is 0. The van der Waals surface area contributed by atoms with Gasteiger partial charge in [0.05, 0.1) is 13.2 Å². The maximum Gasteiger partial charge on any atom is 0.230 e. The first-order valence-corrected chi connectivity index (χ1v) is 11.6. The molecule has 6 heteroatoms. The number of unbranched alkanes of at least 4 members (excludes halogenated alkanes) is 7. The third-order valence-corrected chi connectivity index (χ3v) is 5.27. The number of nitrogens with zero attached hydrogens (tertiary/aromatic N) is 1. The molecule has 0 radical (unpaired) electrons. The Labute approximate surface area is 173 Å². The molecule has 152 valence electrons. The Morgan fingerprint density at radius 1 is 1.07 bits per heavy atom. The number of aliphatic imine (C=N–C) groups is 1. The van der Waals surface area contributed by atoms with Crippen molar-refractivity contribution < 1.29 is 9.63 Å². The first kappa shape index (κ1) is 24.0. The van der Waals surface area contributed by atoms with Crippen LogP contribution in [-0.2, 0) is 9.63 Å². The molecule has 1 aromatic rings. The lowest BCUT2D eigenvalue weighted by atomic mass is 10.0. The van der Waals surface area contributed by atoms with Crippen molar-refractivity contribution in [1.82, 2.24) is 5.48 Å². The van der Waals surface area contributed by atoms with Gasteiger partial charge < -0.3 is 0 Å². The minimum atomic E-state index is 0.367. The maximum atomic E-state index is 10.2. The van der Waals surface area contributed by atoms with Gasteiger partial charge in [-0.2, -0.15) is 11.8 Å². The monoisotopic (exact) mass is 412 g/mol. The van der Waals surface area contributed by atoms with Gasteiger partial charge in [0.1, 0.15) is 0 Å². The van der Waals surface area contributed by atoms with Gasteiger partial charge in [-0.1, -0.05) is 62.3 Å². The van der Waals surface area contributed by atoms with Crippen LogP contribution in [0.2, 0.25) is 5.02 Å². The standard InChI is InChI=1S/C21H33ClN2O2S/c1-27-17-9-7-5-3-2-4-6-8-10-21(23-15-16-26-24-18-25)19-11-13-20(22)14-12-19/h11-14,18H,2-10,15-17H2,1H3,(H,24,25). The molecule has 1 amide bonds. The lowest BCUT2D eigenvalue weighted by Crippen LogP contribution is -2.14. The predicted octanol–water partition coefficient (Wildman–Crippen LogP) is 5.68. The number of hydroxylamine groups is 1. The van der Waals surface area contributed by atoms with E-state index in [0.29, 0.717) is 19.6 Å². The Bertz CT molecular complexity index is 523. The van der Waals surface area contributed by atoms with Gasteiger partial charge in [-0.05, 0) is 49.0 Å². The van der Waals surface area contributed by atoms with Gasteiger partial charge in [0.15, 0.2) is 0 Å². The molecule has 0 aliphatic heterocycles. The van der Waals surface area contributed by atoms with Crippen LogP contribution in [0.3, 0.4) is 0 Å². The summed E-state index contributed by atoms with van der Waals surface area (Å²) in [4.78, 5) is 19.8. The molecule has 4 nitrogen and oxygen atoms in total. The molecule has 0 atom stereocenters. The average molecular weight is 413 g/mol. The van der Waals surface area contributed by atoms with Crippen LogP contribution >= 0.6 is 23.4 Å². The molecule has 0 unspecified atom stereocenters. The Morgan fingerprint density at radius 3 is 2.33 bits per heavy atom. The summed E-state index contributed by atoms with van der Waals surface area (Å²) in [5, 5.41) is 0.731. The fraction of sp³-hybridized carbons (Fsp3) is 0.619. The van der Waals surface area contributed by atoms with Crippen molar-refractivity contribution in [3.8, 4) is 0 Å². The first-order valence-electron chi connectivity index (χ1n) is 9.87. The van der Waals surface area contributed by atoms with Crippen LogP contribution in [0, 0.1) is 0 Å². The molecule has 27 heavy (non-hydrogen) atoms. The molecular weight excluding hydrogens is 380 g/mol. The highest BCUT2D eigenvalue weighted by molar-refractivity contribution is 7.98. The Balaban J connectivity index is 2.29. The van der Waals surface area contributed by atoms with Gasteiger partial charge in [-0.15, -0.1) is 0 Å². The maximum absolute atomic E-state index is 10.2. The first-order chi connectivity index (χ1) is 13.3. The lowest BCUT2D eigenvalue weighted by Gasteiger charge is -2.08. The molecule has 1 N–H and O–H groups in total. The number of halogens is 1. The number of hydrogen-bond donors (Lipinski definition) is 1. The molecule has 0 heterocycles. The Morgan fingerprint density at radius 2 is 1.70 bits per heavy atom. The summed E-state index contributed by atoms with van der Waals surface area (Å²) in [6.45, 7) is 0.890. The normalized spacial score (nSPS) is 11.6. The van der Waals surface area contributed by atoms with Crippen molar-refractivity contribution in [3.05, 3.63) is 34.9 Å². The van der Waals surface area contributed by atoms with Crippen molar-refractivity contribution in [2.75, 3.05) is 25.2 Å². The molecule has 0 aliphatic rings. The van der Waals surface area contributed by atoms with Gasteiger partial charge in [-0.25, -0.2) is 5.48 Å². The van der Waals surface area contributed by atoms with E-state index in [1.54, 1.807) is 0 Å².